The second-order valence-corrected chi connectivity index (χ2v) is 4.96. The zero-order valence-electron chi connectivity index (χ0n) is 12.8. The second-order valence-electron chi connectivity index (χ2n) is 4.96. The fourth-order valence-corrected chi connectivity index (χ4v) is 2.14. The van der Waals surface area contributed by atoms with Crippen LogP contribution >= 0.6 is 0 Å². The summed E-state index contributed by atoms with van der Waals surface area (Å²) in [5.74, 6) is 1.17. The van der Waals surface area contributed by atoms with Crippen LogP contribution in [-0.2, 0) is 11.3 Å². The first-order valence-corrected chi connectivity index (χ1v) is 7.08. The van der Waals surface area contributed by atoms with Crippen molar-refractivity contribution >= 4 is 22.9 Å². The smallest absolute Gasteiger partial charge is 0.411 e. The van der Waals surface area contributed by atoms with Crippen LogP contribution in [0.15, 0.2) is 46.9 Å². The molecule has 6 nitrogen and oxygen atoms in total. The van der Waals surface area contributed by atoms with E-state index in [2.05, 4.69) is 15.0 Å². The van der Waals surface area contributed by atoms with Crippen molar-refractivity contribution < 1.29 is 18.7 Å². The van der Waals surface area contributed by atoms with Gasteiger partial charge in [-0.3, -0.25) is 5.32 Å². The second kappa shape index (κ2) is 6.39. The van der Waals surface area contributed by atoms with Crippen LogP contribution in [0.1, 0.15) is 11.5 Å². The van der Waals surface area contributed by atoms with E-state index >= 15 is 0 Å². The molecule has 0 radical (unpaired) electrons. The Morgan fingerprint density at radius 1 is 1.22 bits per heavy atom. The first-order chi connectivity index (χ1) is 11.2. The van der Waals surface area contributed by atoms with Crippen LogP contribution in [0.25, 0.3) is 11.1 Å². The quantitative estimate of drug-likeness (QED) is 0.791. The van der Waals surface area contributed by atoms with E-state index in [-0.39, 0.29) is 6.61 Å². The van der Waals surface area contributed by atoms with Crippen molar-refractivity contribution in [3.63, 3.8) is 0 Å². The summed E-state index contributed by atoms with van der Waals surface area (Å²) in [4.78, 5) is 15.5. The molecule has 0 bridgehead atoms. The minimum absolute atomic E-state index is 0.234. The molecule has 3 aromatic rings. The van der Waals surface area contributed by atoms with Crippen LogP contribution in [0.3, 0.4) is 0 Å². The lowest BCUT2D eigenvalue weighted by Gasteiger charge is -2.06. The van der Waals surface area contributed by atoms with E-state index in [0.717, 1.165) is 16.7 Å². The van der Waals surface area contributed by atoms with Crippen LogP contribution in [0.2, 0.25) is 0 Å². The van der Waals surface area contributed by atoms with Gasteiger partial charge in [0, 0.05) is 5.69 Å². The van der Waals surface area contributed by atoms with Crippen molar-refractivity contribution in [2.24, 2.45) is 0 Å². The van der Waals surface area contributed by atoms with Gasteiger partial charge in [0.15, 0.2) is 12.2 Å². The minimum atomic E-state index is -0.513. The molecule has 0 saturated heterocycles. The highest BCUT2D eigenvalue weighted by atomic mass is 16.5. The van der Waals surface area contributed by atoms with Crippen LogP contribution in [0, 0.1) is 6.92 Å². The Balaban J connectivity index is 1.65. The molecule has 3 rings (SSSR count). The van der Waals surface area contributed by atoms with Crippen LogP contribution in [0.4, 0.5) is 10.5 Å². The van der Waals surface area contributed by atoms with Crippen molar-refractivity contribution in [2.75, 3.05) is 12.4 Å². The van der Waals surface area contributed by atoms with Crippen molar-refractivity contribution in [3.8, 4) is 5.75 Å². The molecule has 0 spiro atoms. The maximum absolute atomic E-state index is 11.1. The number of aromatic nitrogens is 1. The van der Waals surface area contributed by atoms with Crippen molar-refractivity contribution in [3.05, 3.63) is 53.9 Å². The topological polar surface area (TPSA) is 73.6 Å². The third kappa shape index (κ3) is 3.42. The summed E-state index contributed by atoms with van der Waals surface area (Å²) in [6.07, 6.45) is -0.513. The number of carbonyl (C=O) groups is 1. The average molecular weight is 312 g/mol. The number of ether oxygens (including phenoxy) is 2. The molecular formula is C17H16N2O4. The molecule has 0 saturated carbocycles. The maximum atomic E-state index is 11.1. The van der Waals surface area contributed by atoms with Crippen molar-refractivity contribution in [2.45, 2.75) is 13.5 Å². The molecule has 1 aromatic heterocycles. The van der Waals surface area contributed by atoms with Gasteiger partial charge in [0.2, 0.25) is 5.89 Å². The minimum Gasteiger partial charge on any atom is -0.484 e. The van der Waals surface area contributed by atoms with E-state index < -0.39 is 6.09 Å². The standard InChI is InChI=1S/C17H16N2O4/c1-11-4-3-5-14-16(11)19-15(23-14)10-22-13-8-6-12(7-9-13)18-17(20)21-2/h3-9H,10H2,1-2H3,(H,18,20). The third-order valence-corrected chi connectivity index (χ3v) is 3.31. The van der Waals surface area contributed by atoms with E-state index in [1.54, 1.807) is 24.3 Å². The highest BCUT2D eigenvalue weighted by molar-refractivity contribution is 5.84. The van der Waals surface area contributed by atoms with Crippen molar-refractivity contribution in [1.82, 2.24) is 4.98 Å². The van der Waals surface area contributed by atoms with E-state index in [9.17, 15) is 4.79 Å². The molecule has 6 heteroatoms. The van der Waals surface area contributed by atoms with Crippen LogP contribution in [0.5, 0.6) is 5.75 Å². The molecular weight excluding hydrogens is 296 g/mol. The molecule has 0 fully saturated rings. The number of carbonyl (C=O) groups excluding carboxylic acids is 1. The number of nitrogens with one attached hydrogen (secondary N) is 1. The van der Waals surface area contributed by atoms with Crippen LogP contribution < -0.4 is 10.1 Å². The largest absolute Gasteiger partial charge is 0.484 e. The summed E-state index contributed by atoms with van der Waals surface area (Å²) in [5.41, 5.74) is 3.29. The fraction of sp³-hybridized carbons (Fsp3) is 0.176. The molecule has 0 aliphatic rings. The van der Waals surface area contributed by atoms with Gasteiger partial charge < -0.3 is 13.9 Å². The first-order valence-electron chi connectivity index (χ1n) is 7.08. The van der Waals surface area contributed by atoms with Gasteiger partial charge in [-0.25, -0.2) is 9.78 Å². The molecule has 1 amide bonds. The lowest BCUT2D eigenvalue weighted by molar-refractivity contribution is 0.187. The average Bonchev–Trinajstić information content (AvgIpc) is 2.99. The SMILES string of the molecule is COC(=O)Nc1ccc(OCc2nc3c(C)cccc3o2)cc1. The lowest BCUT2D eigenvalue weighted by Crippen LogP contribution is -2.10. The Morgan fingerprint density at radius 2 is 2.00 bits per heavy atom. The Hall–Kier alpha value is -3.02. The molecule has 2 aromatic carbocycles. The van der Waals surface area contributed by atoms with E-state index in [4.69, 9.17) is 9.15 Å². The zero-order chi connectivity index (χ0) is 16.2. The number of benzene rings is 2. The van der Waals surface area contributed by atoms with E-state index in [0.29, 0.717) is 17.3 Å². The van der Waals surface area contributed by atoms with Gasteiger partial charge in [-0.1, -0.05) is 12.1 Å². The molecule has 0 atom stereocenters. The number of hydrogen-bond donors (Lipinski definition) is 1. The molecule has 0 aliphatic heterocycles. The van der Waals surface area contributed by atoms with E-state index in [1.807, 2.05) is 25.1 Å². The molecule has 1 N–H and O–H groups in total. The summed E-state index contributed by atoms with van der Waals surface area (Å²) in [6, 6.07) is 12.7. The predicted octanol–water partition coefficient (Wildman–Crippen LogP) is 3.89. The molecule has 0 unspecified atom stereocenters. The van der Waals surface area contributed by atoms with Gasteiger partial charge in [0.25, 0.3) is 0 Å². The van der Waals surface area contributed by atoms with Gasteiger partial charge >= 0.3 is 6.09 Å². The lowest BCUT2D eigenvalue weighted by atomic mass is 10.2. The van der Waals surface area contributed by atoms with E-state index in [1.165, 1.54) is 7.11 Å². The molecule has 0 aliphatic carbocycles. The highest BCUT2D eigenvalue weighted by Crippen LogP contribution is 2.21. The van der Waals surface area contributed by atoms with Gasteiger partial charge in [-0.05, 0) is 42.8 Å². The monoisotopic (exact) mass is 312 g/mol. The van der Waals surface area contributed by atoms with Gasteiger partial charge in [0.05, 0.1) is 7.11 Å². The number of nitrogens with zero attached hydrogens (tertiary/aromatic N) is 1. The van der Waals surface area contributed by atoms with Crippen LogP contribution in [-0.4, -0.2) is 18.2 Å². The summed E-state index contributed by atoms with van der Waals surface area (Å²) < 4.78 is 15.8. The number of aryl methyl sites for hydroxylation is 1. The number of para-hydroxylation sites is 1. The molecule has 118 valence electrons. The van der Waals surface area contributed by atoms with Gasteiger partial charge in [0.1, 0.15) is 11.3 Å². The number of methoxy groups -OCH3 is 1. The van der Waals surface area contributed by atoms with Crippen molar-refractivity contribution in [1.29, 1.82) is 0 Å². The Labute approximate surface area is 133 Å². The number of rotatable bonds is 4. The Bertz CT molecular complexity index is 824. The number of anilines is 1. The first kappa shape index (κ1) is 14.9. The number of hydrogen-bond acceptors (Lipinski definition) is 5. The third-order valence-electron chi connectivity index (χ3n) is 3.31. The summed E-state index contributed by atoms with van der Waals surface area (Å²) in [5, 5.41) is 2.57. The summed E-state index contributed by atoms with van der Waals surface area (Å²) >= 11 is 0. The normalized spacial score (nSPS) is 10.5. The Kier molecular flexibility index (Phi) is 4.14. The zero-order valence-corrected chi connectivity index (χ0v) is 12.8. The number of oxazole rings is 1. The molecule has 23 heavy (non-hydrogen) atoms. The fourth-order valence-electron chi connectivity index (χ4n) is 2.14. The molecule has 1 heterocycles. The van der Waals surface area contributed by atoms with Gasteiger partial charge in [-0.15, -0.1) is 0 Å². The number of fused-ring (bicyclic) bond motifs is 1. The highest BCUT2D eigenvalue weighted by Gasteiger charge is 2.08. The summed E-state index contributed by atoms with van der Waals surface area (Å²) in [6.45, 7) is 2.22. The summed E-state index contributed by atoms with van der Waals surface area (Å²) in [7, 11) is 1.31. The number of amides is 1. The van der Waals surface area contributed by atoms with Gasteiger partial charge in [-0.2, -0.15) is 0 Å². The maximum Gasteiger partial charge on any atom is 0.411 e. The Morgan fingerprint density at radius 3 is 2.70 bits per heavy atom. The predicted molar refractivity (Wildman–Crippen MR) is 85.5 cm³/mol.